The standard InChI is InChI=1S/C22H25N5O2/c1-22(2)13-16(8-11-29-22)26-20-17-6-5-15(12-14(17)7-10-25-20)27-21(28)19-18(23)4-3-9-24-19/h3-7,9-10,12,16H,8,11,13,23H2,1-2H3,(H,25,26)(H,27,28). The number of amides is 1. The molecule has 2 aromatic heterocycles. The number of rotatable bonds is 4. The normalized spacial score (nSPS) is 18.3. The molecule has 3 aromatic rings. The van der Waals surface area contributed by atoms with E-state index in [1.165, 1.54) is 0 Å². The first-order chi connectivity index (χ1) is 13.9. The maximum absolute atomic E-state index is 12.5. The third-order valence-electron chi connectivity index (χ3n) is 5.11. The molecular formula is C22H25N5O2. The number of fused-ring (bicyclic) bond motifs is 1. The van der Waals surface area contributed by atoms with Crippen molar-refractivity contribution >= 4 is 33.9 Å². The van der Waals surface area contributed by atoms with Crippen LogP contribution in [0.4, 0.5) is 17.2 Å². The Hall–Kier alpha value is -3.19. The van der Waals surface area contributed by atoms with Gasteiger partial charge in [-0.05, 0) is 68.5 Å². The fourth-order valence-corrected chi connectivity index (χ4v) is 3.72. The highest BCUT2D eigenvalue weighted by molar-refractivity contribution is 6.07. The lowest BCUT2D eigenvalue weighted by Gasteiger charge is -2.36. The third kappa shape index (κ3) is 4.30. The summed E-state index contributed by atoms with van der Waals surface area (Å²) in [5.74, 6) is 0.510. The first-order valence-electron chi connectivity index (χ1n) is 9.72. The van der Waals surface area contributed by atoms with Crippen molar-refractivity contribution in [2.75, 3.05) is 23.0 Å². The molecule has 0 radical (unpaired) electrons. The van der Waals surface area contributed by atoms with E-state index in [-0.39, 0.29) is 17.2 Å². The van der Waals surface area contributed by atoms with Crippen LogP contribution < -0.4 is 16.4 Å². The van der Waals surface area contributed by atoms with Crippen LogP contribution in [-0.4, -0.2) is 34.1 Å². The minimum Gasteiger partial charge on any atom is -0.397 e. The topological polar surface area (TPSA) is 102 Å². The van der Waals surface area contributed by atoms with Gasteiger partial charge in [-0.25, -0.2) is 9.97 Å². The summed E-state index contributed by atoms with van der Waals surface area (Å²) in [6.07, 6.45) is 5.19. The van der Waals surface area contributed by atoms with E-state index in [0.29, 0.717) is 17.4 Å². The minimum atomic E-state index is -0.334. The summed E-state index contributed by atoms with van der Waals surface area (Å²) in [4.78, 5) is 21.1. The van der Waals surface area contributed by atoms with Crippen LogP contribution in [0.1, 0.15) is 37.2 Å². The number of nitrogens with two attached hydrogens (primary N) is 1. The van der Waals surface area contributed by atoms with Gasteiger partial charge in [-0.3, -0.25) is 4.79 Å². The lowest BCUT2D eigenvalue weighted by molar-refractivity contribution is -0.0553. The number of nitrogens with zero attached hydrogens (tertiary/aromatic N) is 2. The largest absolute Gasteiger partial charge is 0.397 e. The van der Waals surface area contributed by atoms with Gasteiger partial charge in [0.25, 0.3) is 5.91 Å². The summed E-state index contributed by atoms with van der Waals surface area (Å²) < 4.78 is 5.80. The van der Waals surface area contributed by atoms with Crippen LogP contribution in [0.5, 0.6) is 0 Å². The summed E-state index contributed by atoms with van der Waals surface area (Å²) in [5, 5.41) is 8.43. The average molecular weight is 391 g/mol. The van der Waals surface area contributed by atoms with E-state index in [4.69, 9.17) is 10.5 Å². The number of hydrogen-bond acceptors (Lipinski definition) is 6. The maximum atomic E-state index is 12.5. The number of hydrogen-bond donors (Lipinski definition) is 3. The van der Waals surface area contributed by atoms with Gasteiger partial charge < -0.3 is 21.1 Å². The summed E-state index contributed by atoms with van der Waals surface area (Å²) in [6.45, 7) is 4.96. The van der Waals surface area contributed by atoms with Gasteiger partial charge in [0, 0.05) is 36.1 Å². The molecule has 4 N–H and O–H groups in total. The number of carbonyl (C=O) groups is 1. The van der Waals surface area contributed by atoms with Crippen molar-refractivity contribution in [1.82, 2.24) is 9.97 Å². The molecule has 150 valence electrons. The number of nitrogen functional groups attached to an aromatic ring is 1. The summed E-state index contributed by atoms with van der Waals surface area (Å²) in [6, 6.07) is 11.3. The molecule has 0 spiro atoms. The quantitative estimate of drug-likeness (QED) is 0.625. The summed E-state index contributed by atoms with van der Waals surface area (Å²) in [7, 11) is 0. The Bertz CT molecular complexity index is 1050. The number of ether oxygens (including phenoxy) is 1. The van der Waals surface area contributed by atoms with E-state index in [1.807, 2.05) is 24.3 Å². The number of benzene rings is 1. The Kier molecular flexibility index (Phi) is 5.07. The first kappa shape index (κ1) is 19.1. The fourth-order valence-electron chi connectivity index (χ4n) is 3.72. The van der Waals surface area contributed by atoms with Gasteiger partial charge in [-0.15, -0.1) is 0 Å². The van der Waals surface area contributed by atoms with Gasteiger partial charge in [0.2, 0.25) is 0 Å². The van der Waals surface area contributed by atoms with Crippen molar-refractivity contribution in [2.45, 2.75) is 38.3 Å². The number of aromatic nitrogens is 2. The van der Waals surface area contributed by atoms with Crippen LogP contribution in [0.3, 0.4) is 0 Å². The molecule has 1 fully saturated rings. The van der Waals surface area contributed by atoms with E-state index in [0.717, 1.165) is 36.0 Å². The van der Waals surface area contributed by atoms with Crippen molar-refractivity contribution in [3.05, 3.63) is 54.5 Å². The van der Waals surface area contributed by atoms with Crippen LogP contribution in [0.25, 0.3) is 10.8 Å². The van der Waals surface area contributed by atoms with Gasteiger partial charge in [0.15, 0.2) is 5.69 Å². The highest BCUT2D eigenvalue weighted by Crippen LogP contribution is 2.29. The monoisotopic (exact) mass is 391 g/mol. The Balaban J connectivity index is 1.55. The Morgan fingerprint density at radius 1 is 1.21 bits per heavy atom. The van der Waals surface area contributed by atoms with Gasteiger partial charge in [0.1, 0.15) is 5.82 Å². The molecule has 3 heterocycles. The van der Waals surface area contributed by atoms with Crippen molar-refractivity contribution in [1.29, 1.82) is 0 Å². The molecule has 1 aliphatic rings. The molecule has 1 unspecified atom stereocenters. The molecule has 0 saturated carbocycles. The molecule has 7 nitrogen and oxygen atoms in total. The van der Waals surface area contributed by atoms with Crippen molar-refractivity contribution < 1.29 is 9.53 Å². The lowest BCUT2D eigenvalue weighted by atomic mass is 9.94. The molecule has 29 heavy (non-hydrogen) atoms. The maximum Gasteiger partial charge on any atom is 0.276 e. The molecule has 4 rings (SSSR count). The van der Waals surface area contributed by atoms with E-state index >= 15 is 0 Å². The molecule has 1 aromatic carbocycles. The van der Waals surface area contributed by atoms with E-state index in [9.17, 15) is 4.79 Å². The third-order valence-corrected chi connectivity index (χ3v) is 5.11. The van der Waals surface area contributed by atoms with Gasteiger partial charge in [0.05, 0.1) is 11.3 Å². The highest BCUT2D eigenvalue weighted by atomic mass is 16.5. The van der Waals surface area contributed by atoms with Crippen molar-refractivity contribution in [2.24, 2.45) is 0 Å². The summed E-state index contributed by atoms with van der Waals surface area (Å²) in [5.41, 5.74) is 6.95. The Morgan fingerprint density at radius 2 is 2.07 bits per heavy atom. The Labute approximate surface area is 169 Å². The van der Waals surface area contributed by atoms with Crippen LogP contribution in [-0.2, 0) is 4.74 Å². The zero-order valence-corrected chi connectivity index (χ0v) is 16.6. The van der Waals surface area contributed by atoms with Crippen molar-refractivity contribution in [3.8, 4) is 0 Å². The van der Waals surface area contributed by atoms with Crippen LogP contribution in [0.15, 0.2) is 48.8 Å². The lowest BCUT2D eigenvalue weighted by Crippen LogP contribution is -2.40. The smallest absolute Gasteiger partial charge is 0.276 e. The fraction of sp³-hybridized carbons (Fsp3) is 0.318. The highest BCUT2D eigenvalue weighted by Gasteiger charge is 2.29. The second-order valence-corrected chi connectivity index (χ2v) is 7.93. The van der Waals surface area contributed by atoms with E-state index in [1.54, 1.807) is 24.5 Å². The first-order valence-corrected chi connectivity index (χ1v) is 9.72. The van der Waals surface area contributed by atoms with Crippen LogP contribution in [0.2, 0.25) is 0 Å². The Morgan fingerprint density at radius 3 is 2.86 bits per heavy atom. The predicted octanol–water partition coefficient (Wildman–Crippen LogP) is 3.83. The molecule has 1 amide bonds. The minimum absolute atomic E-state index is 0.134. The molecule has 1 saturated heterocycles. The molecule has 0 bridgehead atoms. The van der Waals surface area contributed by atoms with E-state index < -0.39 is 0 Å². The van der Waals surface area contributed by atoms with E-state index in [2.05, 4.69) is 34.4 Å². The number of carbonyl (C=O) groups excluding carboxylic acids is 1. The zero-order chi connectivity index (χ0) is 20.4. The second-order valence-electron chi connectivity index (χ2n) is 7.93. The molecule has 7 heteroatoms. The SMILES string of the molecule is CC1(C)CC(Nc2nccc3cc(NC(=O)c4ncccc4N)ccc23)CCO1. The summed E-state index contributed by atoms with van der Waals surface area (Å²) >= 11 is 0. The number of anilines is 3. The van der Waals surface area contributed by atoms with Crippen LogP contribution in [0, 0.1) is 0 Å². The molecule has 1 aliphatic heterocycles. The molecule has 0 aliphatic carbocycles. The second kappa shape index (κ2) is 7.67. The van der Waals surface area contributed by atoms with Crippen LogP contribution >= 0.6 is 0 Å². The molecular weight excluding hydrogens is 366 g/mol. The number of pyridine rings is 2. The zero-order valence-electron chi connectivity index (χ0n) is 16.6. The molecule has 1 atom stereocenters. The predicted molar refractivity (Wildman–Crippen MR) is 115 cm³/mol. The van der Waals surface area contributed by atoms with Gasteiger partial charge in [-0.2, -0.15) is 0 Å². The van der Waals surface area contributed by atoms with Gasteiger partial charge in [-0.1, -0.05) is 0 Å². The van der Waals surface area contributed by atoms with Crippen molar-refractivity contribution in [3.63, 3.8) is 0 Å². The average Bonchev–Trinajstić information content (AvgIpc) is 2.67. The van der Waals surface area contributed by atoms with Gasteiger partial charge >= 0.3 is 0 Å². The number of nitrogens with one attached hydrogen (secondary N) is 2.